The molecule has 1 atom stereocenters. The zero-order valence-electron chi connectivity index (χ0n) is 15.5. The Bertz CT molecular complexity index is 529. The highest BCUT2D eigenvalue weighted by molar-refractivity contribution is 5.89. The van der Waals surface area contributed by atoms with Crippen LogP contribution in [0.3, 0.4) is 0 Å². The summed E-state index contributed by atoms with van der Waals surface area (Å²) >= 11 is 0. The van der Waals surface area contributed by atoms with E-state index in [-0.39, 0.29) is 24.4 Å². The molecule has 1 rings (SSSR count). The van der Waals surface area contributed by atoms with Gasteiger partial charge < -0.3 is 21.1 Å². The van der Waals surface area contributed by atoms with Crippen LogP contribution in [0.25, 0.3) is 0 Å². The van der Waals surface area contributed by atoms with Crippen molar-refractivity contribution in [3.05, 3.63) is 29.8 Å². The maximum Gasteiger partial charge on any atom is 0.319 e. The SMILES string of the molecule is CCCCCC(O)CC(=O)NCc1ccc(NC(=O)NC(C)C)cc1. The predicted octanol–water partition coefficient (Wildman–Crippen LogP) is 3.16. The van der Waals surface area contributed by atoms with Gasteiger partial charge in [-0.15, -0.1) is 0 Å². The van der Waals surface area contributed by atoms with Gasteiger partial charge in [0.15, 0.2) is 0 Å². The quantitative estimate of drug-likeness (QED) is 0.489. The van der Waals surface area contributed by atoms with Crippen molar-refractivity contribution < 1.29 is 14.7 Å². The average molecular weight is 349 g/mol. The molecular weight excluding hydrogens is 318 g/mol. The van der Waals surface area contributed by atoms with Crippen LogP contribution in [0, 0.1) is 0 Å². The maximum absolute atomic E-state index is 11.8. The topological polar surface area (TPSA) is 90.5 Å². The highest BCUT2D eigenvalue weighted by atomic mass is 16.3. The third-order valence-electron chi connectivity index (χ3n) is 3.68. The molecule has 0 aliphatic heterocycles. The summed E-state index contributed by atoms with van der Waals surface area (Å²) in [6, 6.07) is 7.12. The van der Waals surface area contributed by atoms with Gasteiger partial charge in [0.2, 0.25) is 5.91 Å². The summed E-state index contributed by atoms with van der Waals surface area (Å²) in [6.45, 7) is 6.30. The van der Waals surface area contributed by atoms with Crippen LogP contribution in [-0.4, -0.2) is 29.2 Å². The van der Waals surface area contributed by atoms with Gasteiger partial charge in [-0.05, 0) is 38.0 Å². The van der Waals surface area contributed by atoms with Gasteiger partial charge in [-0.1, -0.05) is 38.3 Å². The Morgan fingerprint density at radius 2 is 1.80 bits per heavy atom. The van der Waals surface area contributed by atoms with Crippen LogP contribution >= 0.6 is 0 Å². The molecule has 3 amide bonds. The van der Waals surface area contributed by atoms with Gasteiger partial charge in [0.25, 0.3) is 0 Å². The number of aliphatic hydroxyl groups is 1. The number of carbonyl (C=O) groups excluding carboxylic acids is 2. The first kappa shape index (κ1) is 21.0. The molecule has 1 aromatic rings. The number of anilines is 1. The maximum atomic E-state index is 11.8. The molecule has 25 heavy (non-hydrogen) atoms. The number of rotatable bonds is 10. The monoisotopic (exact) mass is 349 g/mol. The van der Waals surface area contributed by atoms with Crippen molar-refractivity contribution in [2.75, 3.05) is 5.32 Å². The number of unbranched alkanes of at least 4 members (excludes halogenated alkanes) is 2. The van der Waals surface area contributed by atoms with Gasteiger partial charge in [0.05, 0.1) is 12.5 Å². The van der Waals surface area contributed by atoms with E-state index in [1.165, 1.54) is 0 Å². The minimum Gasteiger partial charge on any atom is -0.393 e. The minimum absolute atomic E-state index is 0.0757. The summed E-state index contributed by atoms with van der Waals surface area (Å²) in [7, 11) is 0. The molecule has 0 saturated carbocycles. The van der Waals surface area contributed by atoms with E-state index in [4.69, 9.17) is 0 Å². The highest BCUT2D eigenvalue weighted by Gasteiger charge is 2.10. The van der Waals surface area contributed by atoms with E-state index in [2.05, 4.69) is 22.9 Å². The van der Waals surface area contributed by atoms with E-state index < -0.39 is 6.10 Å². The van der Waals surface area contributed by atoms with Gasteiger partial charge >= 0.3 is 6.03 Å². The zero-order valence-corrected chi connectivity index (χ0v) is 15.5. The van der Waals surface area contributed by atoms with Gasteiger partial charge in [-0.25, -0.2) is 4.79 Å². The number of aliphatic hydroxyl groups excluding tert-OH is 1. The lowest BCUT2D eigenvalue weighted by Gasteiger charge is -2.12. The van der Waals surface area contributed by atoms with Gasteiger partial charge in [0.1, 0.15) is 0 Å². The van der Waals surface area contributed by atoms with Crippen LogP contribution in [0.15, 0.2) is 24.3 Å². The lowest BCUT2D eigenvalue weighted by molar-refractivity contribution is -0.123. The van der Waals surface area contributed by atoms with Crippen LogP contribution in [0.5, 0.6) is 0 Å². The summed E-state index contributed by atoms with van der Waals surface area (Å²) < 4.78 is 0. The van der Waals surface area contributed by atoms with E-state index in [9.17, 15) is 14.7 Å². The lowest BCUT2D eigenvalue weighted by Crippen LogP contribution is -2.34. The second kappa shape index (κ2) is 11.5. The summed E-state index contributed by atoms with van der Waals surface area (Å²) in [4.78, 5) is 23.5. The highest BCUT2D eigenvalue weighted by Crippen LogP contribution is 2.10. The normalized spacial score (nSPS) is 11.9. The number of amides is 3. The Kier molecular flexibility index (Phi) is 9.62. The number of hydrogen-bond donors (Lipinski definition) is 4. The second-order valence-electron chi connectivity index (χ2n) is 6.58. The van der Waals surface area contributed by atoms with Crippen LogP contribution in [0.1, 0.15) is 58.4 Å². The molecule has 0 spiro atoms. The standard InChI is InChI=1S/C19H31N3O3/c1-4-5-6-7-17(23)12-18(24)20-13-15-8-10-16(11-9-15)22-19(25)21-14(2)3/h8-11,14,17,23H,4-7,12-13H2,1-3H3,(H,20,24)(H2,21,22,25). The summed E-state index contributed by atoms with van der Waals surface area (Å²) in [6.07, 6.45) is 3.36. The summed E-state index contributed by atoms with van der Waals surface area (Å²) in [5.74, 6) is -0.150. The largest absolute Gasteiger partial charge is 0.393 e. The van der Waals surface area contributed by atoms with Crippen molar-refractivity contribution in [1.82, 2.24) is 10.6 Å². The molecule has 0 saturated heterocycles. The fourth-order valence-electron chi connectivity index (χ4n) is 2.35. The Morgan fingerprint density at radius 1 is 1.12 bits per heavy atom. The Labute approximate surface area is 150 Å². The van der Waals surface area contributed by atoms with Crippen molar-refractivity contribution in [2.24, 2.45) is 0 Å². The second-order valence-corrected chi connectivity index (χ2v) is 6.58. The van der Waals surface area contributed by atoms with Crippen molar-refractivity contribution in [3.63, 3.8) is 0 Å². The summed E-state index contributed by atoms with van der Waals surface area (Å²) in [5.41, 5.74) is 1.63. The van der Waals surface area contributed by atoms with Crippen LogP contribution in [0.2, 0.25) is 0 Å². The molecule has 0 aliphatic carbocycles. The average Bonchev–Trinajstić information content (AvgIpc) is 2.53. The Hall–Kier alpha value is -2.08. The molecule has 6 nitrogen and oxygen atoms in total. The van der Waals surface area contributed by atoms with Gasteiger partial charge in [0, 0.05) is 18.3 Å². The van der Waals surface area contributed by atoms with E-state index in [0.29, 0.717) is 18.7 Å². The molecular formula is C19H31N3O3. The first-order valence-corrected chi connectivity index (χ1v) is 9.02. The number of urea groups is 1. The van der Waals surface area contributed by atoms with Crippen LogP contribution in [0.4, 0.5) is 10.5 Å². The molecule has 0 aliphatic rings. The molecule has 0 aromatic heterocycles. The molecule has 1 aromatic carbocycles. The van der Waals surface area contributed by atoms with E-state index >= 15 is 0 Å². The van der Waals surface area contributed by atoms with E-state index in [1.807, 2.05) is 26.0 Å². The van der Waals surface area contributed by atoms with Crippen LogP contribution in [-0.2, 0) is 11.3 Å². The van der Waals surface area contributed by atoms with Crippen molar-refractivity contribution in [3.8, 4) is 0 Å². The molecule has 0 bridgehead atoms. The van der Waals surface area contributed by atoms with Gasteiger partial charge in [-0.3, -0.25) is 4.79 Å². The molecule has 4 N–H and O–H groups in total. The van der Waals surface area contributed by atoms with E-state index in [0.717, 1.165) is 24.8 Å². The van der Waals surface area contributed by atoms with Crippen molar-refractivity contribution in [2.45, 2.75) is 71.6 Å². The first-order chi connectivity index (χ1) is 11.9. The summed E-state index contributed by atoms with van der Waals surface area (Å²) in [5, 5.41) is 18.1. The number of hydrogen-bond acceptors (Lipinski definition) is 3. The number of nitrogens with one attached hydrogen (secondary N) is 3. The fraction of sp³-hybridized carbons (Fsp3) is 0.579. The fourth-order valence-corrected chi connectivity index (χ4v) is 2.35. The lowest BCUT2D eigenvalue weighted by atomic mass is 10.1. The Morgan fingerprint density at radius 3 is 2.40 bits per heavy atom. The van der Waals surface area contributed by atoms with Crippen molar-refractivity contribution in [1.29, 1.82) is 0 Å². The third-order valence-corrected chi connectivity index (χ3v) is 3.68. The molecule has 0 fully saturated rings. The van der Waals surface area contributed by atoms with Crippen molar-refractivity contribution >= 4 is 17.6 Å². The minimum atomic E-state index is -0.572. The van der Waals surface area contributed by atoms with Crippen LogP contribution < -0.4 is 16.0 Å². The smallest absolute Gasteiger partial charge is 0.319 e. The van der Waals surface area contributed by atoms with E-state index in [1.54, 1.807) is 12.1 Å². The number of benzene rings is 1. The first-order valence-electron chi connectivity index (χ1n) is 9.02. The Balaban J connectivity index is 2.33. The predicted molar refractivity (Wildman–Crippen MR) is 100 cm³/mol. The number of carbonyl (C=O) groups is 2. The molecule has 0 heterocycles. The molecule has 140 valence electrons. The molecule has 0 radical (unpaired) electrons. The molecule has 6 heteroatoms. The van der Waals surface area contributed by atoms with Gasteiger partial charge in [-0.2, -0.15) is 0 Å². The third kappa shape index (κ3) is 9.72. The zero-order chi connectivity index (χ0) is 18.7. The molecule has 1 unspecified atom stereocenters.